The smallest absolute Gasteiger partial charge is 0.290 e. The standard InChI is InChI=1S/C21H23N3O4/c25-19(23-9-3-4-10-23)13-22-20(26)17-12-15-6-1-2-7-16(15)14-24(17)21(27)18-8-5-11-28-18/h1-2,5-8,11,17H,3-4,9-10,12-14H2,(H,22,26). The molecule has 7 heteroatoms. The van der Waals surface area contributed by atoms with Crippen LogP contribution in [-0.4, -0.2) is 53.2 Å². The molecule has 1 fully saturated rings. The van der Waals surface area contributed by atoms with Crippen LogP contribution in [0.5, 0.6) is 0 Å². The van der Waals surface area contributed by atoms with Gasteiger partial charge < -0.3 is 19.5 Å². The Kier molecular flexibility index (Phi) is 5.14. The van der Waals surface area contributed by atoms with Crippen LogP contribution in [0.4, 0.5) is 0 Å². The van der Waals surface area contributed by atoms with Gasteiger partial charge in [-0.25, -0.2) is 0 Å². The molecule has 0 aliphatic carbocycles. The first-order valence-electron chi connectivity index (χ1n) is 9.60. The zero-order chi connectivity index (χ0) is 19.5. The maximum atomic E-state index is 12.9. The third kappa shape index (κ3) is 3.65. The highest BCUT2D eigenvalue weighted by molar-refractivity contribution is 5.96. The molecule has 0 bridgehead atoms. The summed E-state index contributed by atoms with van der Waals surface area (Å²) in [6.45, 7) is 1.77. The minimum Gasteiger partial charge on any atom is -0.459 e. The predicted octanol–water partition coefficient (Wildman–Crippen LogP) is 1.59. The Labute approximate surface area is 163 Å². The maximum absolute atomic E-state index is 12.9. The van der Waals surface area contributed by atoms with Crippen molar-refractivity contribution in [1.82, 2.24) is 15.1 Å². The molecule has 2 aliphatic heterocycles. The van der Waals surface area contributed by atoms with E-state index in [1.807, 2.05) is 24.3 Å². The van der Waals surface area contributed by atoms with Crippen LogP contribution in [0, 0.1) is 0 Å². The van der Waals surface area contributed by atoms with Crippen molar-refractivity contribution in [2.45, 2.75) is 31.8 Å². The predicted molar refractivity (Wildman–Crippen MR) is 101 cm³/mol. The zero-order valence-corrected chi connectivity index (χ0v) is 15.6. The summed E-state index contributed by atoms with van der Waals surface area (Å²) >= 11 is 0. The molecule has 146 valence electrons. The van der Waals surface area contributed by atoms with Gasteiger partial charge in [0.2, 0.25) is 11.8 Å². The number of nitrogens with one attached hydrogen (secondary N) is 1. The first kappa shape index (κ1) is 18.3. The Morgan fingerprint density at radius 2 is 1.79 bits per heavy atom. The Balaban J connectivity index is 1.50. The van der Waals surface area contributed by atoms with Gasteiger partial charge in [-0.15, -0.1) is 0 Å². The molecule has 1 atom stereocenters. The molecule has 1 unspecified atom stereocenters. The monoisotopic (exact) mass is 381 g/mol. The summed E-state index contributed by atoms with van der Waals surface area (Å²) in [6, 6.07) is 10.3. The largest absolute Gasteiger partial charge is 0.459 e. The third-order valence-corrected chi connectivity index (χ3v) is 5.42. The highest BCUT2D eigenvalue weighted by atomic mass is 16.3. The average Bonchev–Trinajstić information content (AvgIpc) is 3.44. The first-order chi connectivity index (χ1) is 13.6. The molecule has 1 saturated heterocycles. The van der Waals surface area contributed by atoms with E-state index in [0.717, 1.165) is 37.1 Å². The van der Waals surface area contributed by atoms with E-state index in [0.29, 0.717) is 13.0 Å². The van der Waals surface area contributed by atoms with Crippen LogP contribution in [0.25, 0.3) is 0 Å². The van der Waals surface area contributed by atoms with E-state index < -0.39 is 6.04 Å². The molecule has 7 nitrogen and oxygen atoms in total. The lowest BCUT2D eigenvalue weighted by molar-refractivity contribution is -0.133. The van der Waals surface area contributed by atoms with Gasteiger partial charge in [-0.3, -0.25) is 14.4 Å². The van der Waals surface area contributed by atoms with Crippen molar-refractivity contribution >= 4 is 17.7 Å². The topological polar surface area (TPSA) is 82.9 Å². The lowest BCUT2D eigenvalue weighted by Gasteiger charge is -2.35. The Hall–Kier alpha value is -3.09. The lowest BCUT2D eigenvalue weighted by Crippen LogP contribution is -2.53. The van der Waals surface area contributed by atoms with Gasteiger partial charge in [-0.2, -0.15) is 0 Å². The zero-order valence-electron chi connectivity index (χ0n) is 15.6. The molecule has 0 radical (unpaired) electrons. The number of likely N-dealkylation sites (tertiary alicyclic amines) is 1. The van der Waals surface area contributed by atoms with E-state index in [-0.39, 0.29) is 30.0 Å². The molecular weight excluding hydrogens is 358 g/mol. The van der Waals surface area contributed by atoms with Gasteiger partial charge in [0.1, 0.15) is 6.04 Å². The number of nitrogens with zero attached hydrogens (tertiary/aromatic N) is 2. The summed E-state index contributed by atoms with van der Waals surface area (Å²) in [5.41, 5.74) is 2.05. The maximum Gasteiger partial charge on any atom is 0.290 e. The molecule has 4 rings (SSSR count). The lowest BCUT2D eigenvalue weighted by atomic mass is 9.93. The second-order valence-corrected chi connectivity index (χ2v) is 7.20. The molecule has 1 aromatic heterocycles. The third-order valence-electron chi connectivity index (χ3n) is 5.42. The molecule has 1 N–H and O–H groups in total. The van der Waals surface area contributed by atoms with Crippen molar-refractivity contribution in [2.75, 3.05) is 19.6 Å². The first-order valence-corrected chi connectivity index (χ1v) is 9.60. The van der Waals surface area contributed by atoms with Crippen LogP contribution < -0.4 is 5.32 Å². The van der Waals surface area contributed by atoms with Gasteiger partial charge in [0, 0.05) is 26.1 Å². The highest BCUT2D eigenvalue weighted by Gasteiger charge is 2.36. The summed E-state index contributed by atoms with van der Waals surface area (Å²) in [4.78, 5) is 41.4. The Morgan fingerprint density at radius 3 is 2.50 bits per heavy atom. The number of carbonyl (C=O) groups excluding carboxylic acids is 3. The van der Waals surface area contributed by atoms with Crippen molar-refractivity contribution in [3.8, 4) is 0 Å². The van der Waals surface area contributed by atoms with E-state index in [2.05, 4.69) is 5.32 Å². The fourth-order valence-electron chi connectivity index (χ4n) is 3.87. The van der Waals surface area contributed by atoms with Crippen LogP contribution >= 0.6 is 0 Å². The molecule has 28 heavy (non-hydrogen) atoms. The van der Waals surface area contributed by atoms with Gasteiger partial charge in [-0.05, 0) is 36.1 Å². The van der Waals surface area contributed by atoms with Crippen molar-refractivity contribution in [1.29, 1.82) is 0 Å². The fraction of sp³-hybridized carbons (Fsp3) is 0.381. The van der Waals surface area contributed by atoms with Gasteiger partial charge in [0.05, 0.1) is 12.8 Å². The van der Waals surface area contributed by atoms with Crippen LogP contribution in [0.2, 0.25) is 0 Å². The van der Waals surface area contributed by atoms with Gasteiger partial charge in [0.25, 0.3) is 5.91 Å². The summed E-state index contributed by atoms with van der Waals surface area (Å²) in [5.74, 6) is -0.524. The minimum atomic E-state index is -0.682. The van der Waals surface area contributed by atoms with Crippen LogP contribution in [0.1, 0.15) is 34.5 Å². The molecule has 3 amide bonds. The van der Waals surface area contributed by atoms with Gasteiger partial charge >= 0.3 is 0 Å². The molecular formula is C21H23N3O4. The van der Waals surface area contributed by atoms with Crippen molar-refractivity contribution in [3.05, 3.63) is 59.5 Å². The van der Waals surface area contributed by atoms with E-state index in [1.165, 1.54) is 11.2 Å². The molecule has 0 saturated carbocycles. The highest BCUT2D eigenvalue weighted by Crippen LogP contribution is 2.25. The second-order valence-electron chi connectivity index (χ2n) is 7.20. The van der Waals surface area contributed by atoms with Crippen LogP contribution in [0.15, 0.2) is 47.1 Å². The van der Waals surface area contributed by atoms with E-state index in [4.69, 9.17) is 4.42 Å². The molecule has 2 aliphatic rings. The number of rotatable bonds is 4. The number of furan rings is 1. The average molecular weight is 381 g/mol. The number of benzene rings is 1. The number of hydrogen-bond donors (Lipinski definition) is 1. The number of hydrogen-bond acceptors (Lipinski definition) is 4. The summed E-state index contributed by atoms with van der Waals surface area (Å²) < 4.78 is 5.25. The van der Waals surface area contributed by atoms with E-state index in [1.54, 1.807) is 17.0 Å². The normalized spacial score (nSPS) is 18.6. The van der Waals surface area contributed by atoms with Crippen molar-refractivity contribution < 1.29 is 18.8 Å². The fourth-order valence-corrected chi connectivity index (χ4v) is 3.87. The van der Waals surface area contributed by atoms with Crippen molar-refractivity contribution in [3.63, 3.8) is 0 Å². The SMILES string of the molecule is O=C(NCC(=O)N1CCCC1)C1Cc2ccccc2CN1C(=O)c1ccco1. The number of fused-ring (bicyclic) bond motifs is 1. The van der Waals surface area contributed by atoms with Crippen molar-refractivity contribution in [2.24, 2.45) is 0 Å². The molecule has 2 aromatic rings. The van der Waals surface area contributed by atoms with Crippen LogP contribution in [-0.2, 0) is 22.6 Å². The van der Waals surface area contributed by atoms with Crippen LogP contribution in [0.3, 0.4) is 0 Å². The summed E-state index contributed by atoms with van der Waals surface area (Å²) in [7, 11) is 0. The second kappa shape index (κ2) is 7.88. The quantitative estimate of drug-likeness (QED) is 0.872. The Morgan fingerprint density at radius 1 is 1.04 bits per heavy atom. The van der Waals surface area contributed by atoms with E-state index >= 15 is 0 Å². The molecule has 0 spiro atoms. The van der Waals surface area contributed by atoms with Gasteiger partial charge in [0.15, 0.2) is 5.76 Å². The Bertz CT molecular complexity index is 872. The summed E-state index contributed by atoms with van der Waals surface area (Å²) in [5, 5.41) is 2.74. The number of carbonyl (C=O) groups is 3. The minimum absolute atomic E-state index is 0.0419. The molecule has 3 heterocycles. The number of amides is 3. The summed E-state index contributed by atoms with van der Waals surface area (Å²) in [6.07, 6.45) is 3.86. The molecule has 1 aromatic carbocycles. The van der Waals surface area contributed by atoms with Gasteiger partial charge in [-0.1, -0.05) is 24.3 Å². The van der Waals surface area contributed by atoms with E-state index in [9.17, 15) is 14.4 Å².